The van der Waals surface area contributed by atoms with Gasteiger partial charge in [-0.1, -0.05) is 26.0 Å². The molecule has 1 saturated carbocycles. The Labute approximate surface area is 109 Å². The summed E-state index contributed by atoms with van der Waals surface area (Å²) in [5, 5.41) is 3.31. The van der Waals surface area contributed by atoms with E-state index in [9.17, 15) is 4.39 Å². The van der Waals surface area contributed by atoms with Crippen molar-refractivity contribution in [2.24, 2.45) is 5.41 Å². The molecule has 2 rings (SSSR count). The quantitative estimate of drug-likeness (QED) is 0.890. The zero-order valence-corrected chi connectivity index (χ0v) is 11.6. The molecule has 2 unspecified atom stereocenters. The van der Waals surface area contributed by atoms with Crippen molar-refractivity contribution in [2.45, 2.75) is 45.8 Å². The van der Waals surface area contributed by atoms with Crippen LogP contribution < -0.4 is 10.1 Å². The zero-order chi connectivity index (χ0) is 13.3. The SMILES string of the molecule is CNC1C(Oc2cccc(C)c2F)CCC1(C)C. The van der Waals surface area contributed by atoms with Crippen LogP contribution in [0.2, 0.25) is 0 Å². The van der Waals surface area contributed by atoms with Gasteiger partial charge in [0.2, 0.25) is 0 Å². The standard InChI is InChI=1S/C15H22FNO/c1-10-6-5-7-11(13(10)16)18-12-8-9-15(2,3)14(12)17-4/h5-7,12,14,17H,8-9H2,1-4H3. The van der Waals surface area contributed by atoms with Gasteiger partial charge in [0.1, 0.15) is 6.10 Å². The summed E-state index contributed by atoms with van der Waals surface area (Å²) < 4.78 is 19.8. The summed E-state index contributed by atoms with van der Waals surface area (Å²) in [6.45, 7) is 6.21. The first kappa shape index (κ1) is 13.3. The first-order valence-electron chi connectivity index (χ1n) is 6.55. The van der Waals surface area contributed by atoms with Crippen LogP contribution in [0.5, 0.6) is 5.75 Å². The van der Waals surface area contributed by atoms with E-state index in [2.05, 4.69) is 19.2 Å². The van der Waals surface area contributed by atoms with E-state index in [1.165, 1.54) is 0 Å². The molecule has 0 aromatic heterocycles. The molecule has 18 heavy (non-hydrogen) atoms. The summed E-state index contributed by atoms with van der Waals surface area (Å²) in [6, 6.07) is 5.57. The van der Waals surface area contributed by atoms with Crippen LogP contribution in [0.15, 0.2) is 18.2 Å². The van der Waals surface area contributed by atoms with Gasteiger partial charge >= 0.3 is 0 Å². The molecule has 2 atom stereocenters. The molecule has 0 amide bonds. The lowest BCUT2D eigenvalue weighted by molar-refractivity contribution is 0.140. The summed E-state index contributed by atoms with van der Waals surface area (Å²) in [4.78, 5) is 0. The van der Waals surface area contributed by atoms with Crippen LogP contribution in [0.3, 0.4) is 0 Å². The van der Waals surface area contributed by atoms with E-state index in [0.29, 0.717) is 11.3 Å². The molecule has 0 aliphatic heterocycles. The molecule has 0 radical (unpaired) electrons. The molecule has 1 aromatic carbocycles. The summed E-state index contributed by atoms with van der Waals surface area (Å²) in [5.41, 5.74) is 0.825. The van der Waals surface area contributed by atoms with E-state index < -0.39 is 0 Å². The molecule has 0 heterocycles. The van der Waals surface area contributed by atoms with Crippen molar-refractivity contribution in [1.82, 2.24) is 5.32 Å². The Morgan fingerprint density at radius 3 is 2.78 bits per heavy atom. The first-order valence-corrected chi connectivity index (χ1v) is 6.55. The van der Waals surface area contributed by atoms with Crippen LogP contribution in [0.1, 0.15) is 32.3 Å². The molecule has 3 heteroatoms. The van der Waals surface area contributed by atoms with E-state index >= 15 is 0 Å². The molecule has 1 aromatic rings. The molecule has 0 saturated heterocycles. The zero-order valence-electron chi connectivity index (χ0n) is 11.6. The molecular formula is C15H22FNO. The van der Waals surface area contributed by atoms with Crippen LogP contribution in [0, 0.1) is 18.2 Å². The maximum Gasteiger partial charge on any atom is 0.167 e. The van der Waals surface area contributed by atoms with Crippen LogP contribution in [0.4, 0.5) is 4.39 Å². The van der Waals surface area contributed by atoms with E-state index in [1.807, 2.05) is 13.1 Å². The predicted octanol–water partition coefficient (Wildman–Crippen LogP) is 3.29. The van der Waals surface area contributed by atoms with Crippen LogP contribution in [0.25, 0.3) is 0 Å². The highest BCUT2D eigenvalue weighted by atomic mass is 19.1. The van der Waals surface area contributed by atoms with Gasteiger partial charge in [-0.25, -0.2) is 4.39 Å². The summed E-state index contributed by atoms with van der Waals surface area (Å²) >= 11 is 0. The Bertz CT molecular complexity index is 431. The minimum absolute atomic E-state index is 0.0429. The van der Waals surface area contributed by atoms with E-state index in [0.717, 1.165) is 12.8 Å². The molecule has 2 nitrogen and oxygen atoms in total. The van der Waals surface area contributed by atoms with Gasteiger partial charge in [-0.15, -0.1) is 0 Å². The number of hydrogen-bond acceptors (Lipinski definition) is 2. The Hall–Kier alpha value is -1.09. The lowest BCUT2D eigenvalue weighted by Gasteiger charge is -2.30. The molecule has 1 fully saturated rings. The fourth-order valence-corrected chi connectivity index (χ4v) is 2.92. The van der Waals surface area contributed by atoms with Crippen molar-refractivity contribution in [3.63, 3.8) is 0 Å². The molecule has 1 aliphatic rings. The molecule has 1 aliphatic carbocycles. The second kappa shape index (κ2) is 4.88. The number of nitrogens with one attached hydrogen (secondary N) is 1. The van der Waals surface area contributed by atoms with Crippen molar-refractivity contribution in [1.29, 1.82) is 0 Å². The molecule has 0 spiro atoms. The minimum Gasteiger partial charge on any atom is -0.486 e. The van der Waals surface area contributed by atoms with Crippen LogP contribution in [-0.4, -0.2) is 19.2 Å². The third-order valence-electron chi connectivity index (χ3n) is 4.03. The van der Waals surface area contributed by atoms with Gasteiger partial charge in [0.05, 0.1) is 0 Å². The Morgan fingerprint density at radius 2 is 2.11 bits per heavy atom. The van der Waals surface area contributed by atoms with Gasteiger partial charge in [0.25, 0.3) is 0 Å². The summed E-state index contributed by atoms with van der Waals surface area (Å²) in [5.74, 6) is 0.134. The second-order valence-electron chi connectivity index (χ2n) is 5.84. The smallest absolute Gasteiger partial charge is 0.167 e. The average Bonchev–Trinajstić information content (AvgIpc) is 2.60. The Kier molecular flexibility index (Phi) is 3.62. The van der Waals surface area contributed by atoms with E-state index in [-0.39, 0.29) is 23.4 Å². The monoisotopic (exact) mass is 251 g/mol. The number of likely N-dealkylation sites (N-methyl/N-ethyl adjacent to an activating group) is 1. The average molecular weight is 251 g/mol. The summed E-state index contributed by atoms with van der Waals surface area (Å²) in [7, 11) is 1.95. The number of aryl methyl sites for hydroxylation is 1. The topological polar surface area (TPSA) is 21.3 Å². The van der Waals surface area contributed by atoms with E-state index in [4.69, 9.17) is 4.74 Å². The normalized spacial score (nSPS) is 26.3. The fraction of sp³-hybridized carbons (Fsp3) is 0.600. The third-order valence-corrected chi connectivity index (χ3v) is 4.03. The van der Waals surface area contributed by atoms with Gasteiger partial charge in [0, 0.05) is 6.04 Å². The second-order valence-corrected chi connectivity index (χ2v) is 5.84. The van der Waals surface area contributed by atoms with Crippen molar-refractivity contribution in [3.05, 3.63) is 29.6 Å². The first-order chi connectivity index (χ1) is 8.45. The van der Waals surface area contributed by atoms with Gasteiger partial charge in [-0.2, -0.15) is 0 Å². The van der Waals surface area contributed by atoms with Crippen molar-refractivity contribution < 1.29 is 9.13 Å². The van der Waals surface area contributed by atoms with E-state index in [1.54, 1.807) is 19.1 Å². The van der Waals surface area contributed by atoms with Gasteiger partial charge < -0.3 is 10.1 Å². The number of hydrogen-bond donors (Lipinski definition) is 1. The molecule has 1 N–H and O–H groups in total. The lowest BCUT2D eigenvalue weighted by atomic mass is 9.87. The largest absolute Gasteiger partial charge is 0.486 e. The summed E-state index contributed by atoms with van der Waals surface area (Å²) in [6.07, 6.45) is 2.10. The maximum absolute atomic E-state index is 13.9. The lowest BCUT2D eigenvalue weighted by Crippen LogP contribution is -2.44. The van der Waals surface area contributed by atoms with Crippen molar-refractivity contribution >= 4 is 0 Å². The number of halogens is 1. The highest BCUT2D eigenvalue weighted by molar-refractivity contribution is 5.30. The van der Waals surface area contributed by atoms with Crippen LogP contribution in [-0.2, 0) is 0 Å². The number of rotatable bonds is 3. The highest BCUT2D eigenvalue weighted by Gasteiger charge is 2.42. The van der Waals surface area contributed by atoms with Gasteiger partial charge in [0.15, 0.2) is 11.6 Å². The fourth-order valence-electron chi connectivity index (χ4n) is 2.92. The number of ether oxygens (including phenoxy) is 1. The minimum atomic E-state index is -0.239. The van der Waals surface area contributed by atoms with Gasteiger partial charge in [-0.3, -0.25) is 0 Å². The Morgan fingerprint density at radius 1 is 1.39 bits per heavy atom. The maximum atomic E-state index is 13.9. The highest BCUT2D eigenvalue weighted by Crippen LogP contribution is 2.39. The molecule has 100 valence electrons. The molecule has 0 bridgehead atoms. The molecular weight excluding hydrogens is 229 g/mol. The van der Waals surface area contributed by atoms with Crippen LogP contribution >= 0.6 is 0 Å². The van der Waals surface area contributed by atoms with Crippen molar-refractivity contribution in [3.8, 4) is 5.75 Å². The van der Waals surface area contributed by atoms with Gasteiger partial charge in [-0.05, 0) is 43.9 Å². The third kappa shape index (κ3) is 2.37. The predicted molar refractivity (Wildman–Crippen MR) is 71.4 cm³/mol. The Balaban J connectivity index is 2.17. The van der Waals surface area contributed by atoms with Crippen molar-refractivity contribution in [2.75, 3.05) is 7.05 Å². The number of benzene rings is 1.